The lowest BCUT2D eigenvalue weighted by Crippen LogP contribution is -2.14. The quantitative estimate of drug-likeness (QED) is 0.234. The van der Waals surface area contributed by atoms with E-state index < -0.39 is 6.69 Å². The molecular formula is C11H21BrO2Si. The fourth-order valence-electron chi connectivity index (χ4n) is 1.11. The van der Waals surface area contributed by atoms with Crippen LogP contribution in [0.25, 0.3) is 0 Å². The average molecular weight is 293 g/mol. The highest BCUT2D eigenvalue weighted by atomic mass is 79.9. The lowest BCUT2D eigenvalue weighted by Gasteiger charge is -2.12. The van der Waals surface area contributed by atoms with Crippen molar-refractivity contribution in [2.45, 2.75) is 45.3 Å². The van der Waals surface area contributed by atoms with Crippen LogP contribution in [0.2, 0.25) is 19.1 Å². The zero-order chi connectivity index (χ0) is 11.9. The molecule has 0 N–H and O–H groups in total. The normalized spacial score (nSPS) is 11.2. The molecule has 88 valence electrons. The second kappa shape index (κ2) is 7.22. The van der Waals surface area contributed by atoms with E-state index in [0.717, 1.165) is 12.8 Å². The Balaban J connectivity index is 3.33. The molecule has 0 rings (SSSR count). The summed E-state index contributed by atoms with van der Waals surface area (Å²) < 4.78 is 5.00. The summed E-state index contributed by atoms with van der Waals surface area (Å²) in [4.78, 5) is 11.0. The highest BCUT2D eigenvalue weighted by Crippen LogP contribution is 2.20. The van der Waals surface area contributed by atoms with Gasteiger partial charge in [-0.1, -0.05) is 32.5 Å². The van der Waals surface area contributed by atoms with Crippen molar-refractivity contribution in [1.29, 1.82) is 0 Å². The van der Waals surface area contributed by atoms with Gasteiger partial charge in [-0.2, -0.15) is 0 Å². The van der Waals surface area contributed by atoms with Crippen molar-refractivity contribution in [3.63, 3.8) is 0 Å². The lowest BCUT2D eigenvalue weighted by molar-refractivity contribution is -0.139. The molecule has 0 aromatic rings. The van der Waals surface area contributed by atoms with Crippen molar-refractivity contribution in [2.75, 3.05) is 6.61 Å². The molecule has 2 nitrogen and oxygen atoms in total. The van der Waals surface area contributed by atoms with Crippen LogP contribution in [0.15, 0.2) is 12.2 Å². The van der Waals surface area contributed by atoms with E-state index in [2.05, 4.69) is 35.0 Å². The molecule has 0 aliphatic heterocycles. The number of rotatable bonds is 7. The summed E-state index contributed by atoms with van der Waals surface area (Å²) in [5, 5.41) is 0. The lowest BCUT2D eigenvalue weighted by atomic mass is 10.3. The van der Waals surface area contributed by atoms with Gasteiger partial charge in [-0.3, -0.25) is 0 Å². The predicted molar refractivity (Wildman–Crippen MR) is 70.8 cm³/mol. The fourth-order valence-corrected chi connectivity index (χ4v) is 3.04. The van der Waals surface area contributed by atoms with Crippen LogP contribution < -0.4 is 0 Å². The first-order valence-corrected chi connectivity index (χ1v) is 10.8. The van der Waals surface area contributed by atoms with Crippen molar-refractivity contribution in [1.82, 2.24) is 0 Å². The number of unbranched alkanes of at least 4 members (excludes halogenated alkanes) is 2. The molecule has 4 heteroatoms. The van der Waals surface area contributed by atoms with Gasteiger partial charge < -0.3 is 4.74 Å². The maximum Gasteiger partial charge on any atom is 0.333 e. The van der Waals surface area contributed by atoms with Crippen LogP contribution >= 0.6 is 15.3 Å². The van der Waals surface area contributed by atoms with E-state index >= 15 is 0 Å². The third-order valence-electron chi connectivity index (χ3n) is 2.00. The number of halogens is 1. The van der Waals surface area contributed by atoms with E-state index in [1.54, 1.807) is 6.92 Å². The zero-order valence-electron chi connectivity index (χ0n) is 9.94. The Labute approximate surface area is 102 Å². The number of hydrogen-bond donors (Lipinski definition) is 0. The summed E-state index contributed by atoms with van der Waals surface area (Å²) in [5.74, 6) is -0.273. The predicted octanol–water partition coefficient (Wildman–Crippen LogP) is 3.88. The molecule has 0 aliphatic rings. The van der Waals surface area contributed by atoms with E-state index in [1.807, 2.05) is 0 Å². The smallest absolute Gasteiger partial charge is 0.333 e. The van der Waals surface area contributed by atoms with Crippen molar-refractivity contribution < 1.29 is 9.53 Å². The van der Waals surface area contributed by atoms with E-state index in [0.29, 0.717) is 12.2 Å². The molecule has 0 bridgehead atoms. The average Bonchev–Trinajstić information content (AvgIpc) is 2.08. The van der Waals surface area contributed by atoms with Crippen LogP contribution in [0, 0.1) is 0 Å². The Morgan fingerprint density at radius 3 is 2.40 bits per heavy atom. The molecule has 0 saturated heterocycles. The van der Waals surface area contributed by atoms with Crippen molar-refractivity contribution >= 4 is 28.0 Å². The van der Waals surface area contributed by atoms with Crippen LogP contribution in [0.5, 0.6) is 0 Å². The standard InChI is InChI=1S/C11H21BrO2Si/c1-10(2)11(13)14-8-6-5-7-9-15(3,4)12/h1,5-9H2,2-4H3. The largest absolute Gasteiger partial charge is 0.462 e. The maximum absolute atomic E-state index is 11.0. The van der Waals surface area contributed by atoms with Crippen LogP contribution in [0.1, 0.15) is 26.2 Å². The first-order chi connectivity index (χ1) is 6.83. The number of esters is 1. The summed E-state index contributed by atoms with van der Waals surface area (Å²) in [5.41, 5.74) is 0.476. The molecule has 0 aliphatic carbocycles. The minimum atomic E-state index is -1.07. The van der Waals surface area contributed by atoms with Gasteiger partial charge >= 0.3 is 5.97 Å². The van der Waals surface area contributed by atoms with E-state index in [9.17, 15) is 4.79 Å². The fraction of sp³-hybridized carbons (Fsp3) is 0.727. The molecule has 0 aromatic carbocycles. The molecule has 0 unspecified atom stereocenters. The number of carbonyl (C=O) groups is 1. The van der Waals surface area contributed by atoms with Gasteiger partial charge in [-0.05, 0) is 19.4 Å². The molecule has 0 saturated carbocycles. The molecule has 15 heavy (non-hydrogen) atoms. The molecule has 0 heterocycles. The van der Waals surface area contributed by atoms with E-state index in [-0.39, 0.29) is 5.97 Å². The first-order valence-electron chi connectivity index (χ1n) is 5.34. The van der Waals surface area contributed by atoms with Gasteiger partial charge in [0.05, 0.1) is 6.61 Å². The third kappa shape index (κ3) is 10.2. The Morgan fingerprint density at radius 1 is 1.33 bits per heavy atom. The van der Waals surface area contributed by atoms with Gasteiger partial charge in [-0.15, -0.1) is 15.3 Å². The Kier molecular flexibility index (Phi) is 7.18. The Bertz CT molecular complexity index is 221. The second-order valence-electron chi connectivity index (χ2n) is 4.45. The minimum absolute atomic E-state index is 0.273. The molecule has 0 fully saturated rings. The van der Waals surface area contributed by atoms with Crippen molar-refractivity contribution in [3.05, 3.63) is 12.2 Å². The number of carbonyl (C=O) groups excluding carboxylic acids is 1. The Hall–Kier alpha value is -0.0931. The molecule has 0 spiro atoms. The number of ether oxygens (including phenoxy) is 1. The van der Waals surface area contributed by atoms with Crippen molar-refractivity contribution in [3.8, 4) is 0 Å². The van der Waals surface area contributed by atoms with Gasteiger partial charge in [-0.25, -0.2) is 4.79 Å². The molecule has 0 amide bonds. The highest BCUT2D eigenvalue weighted by molar-refractivity contribution is 9.26. The summed E-state index contributed by atoms with van der Waals surface area (Å²) in [6.07, 6.45) is 3.30. The molecular weight excluding hydrogens is 272 g/mol. The summed E-state index contributed by atoms with van der Waals surface area (Å²) in [7, 11) is 0. The van der Waals surface area contributed by atoms with Crippen LogP contribution in [0.3, 0.4) is 0 Å². The van der Waals surface area contributed by atoms with Gasteiger partial charge in [0.2, 0.25) is 0 Å². The van der Waals surface area contributed by atoms with Crippen LogP contribution in [-0.2, 0) is 9.53 Å². The molecule has 0 atom stereocenters. The highest BCUT2D eigenvalue weighted by Gasteiger charge is 2.14. The Morgan fingerprint density at radius 2 is 1.93 bits per heavy atom. The number of hydrogen-bond acceptors (Lipinski definition) is 2. The second-order valence-corrected chi connectivity index (χ2v) is 14.8. The van der Waals surface area contributed by atoms with Gasteiger partial charge in [0.15, 0.2) is 0 Å². The van der Waals surface area contributed by atoms with E-state index in [1.165, 1.54) is 12.5 Å². The van der Waals surface area contributed by atoms with Gasteiger partial charge in [0.25, 0.3) is 0 Å². The van der Waals surface area contributed by atoms with Crippen molar-refractivity contribution in [2.24, 2.45) is 0 Å². The third-order valence-corrected chi connectivity index (χ3v) is 4.73. The SMILES string of the molecule is C=C(C)C(=O)OCCCCC[Si](C)(C)Br. The van der Waals surface area contributed by atoms with Gasteiger partial charge in [0, 0.05) is 5.57 Å². The first kappa shape index (κ1) is 14.9. The maximum atomic E-state index is 11.0. The summed E-state index contributed by atoms with van der Waals surface area (Å²) in [6.45, 7) is 9.25. The summed E-state index contributed by atoms with van der Waals surface area (Å²) in [6, 6.07) is 1.28. The summed E-state index contributed by atoms with van der Waals surface area (Å²) >= 11 is 3.73. The molecule has 0 radical (unpaired) electrons. The van der Waals surface area contributed by atoms with Gasteiger partial charge in [0.1, 0.15) is 6.69 Å². The monoisotopic (exact) mass is 292 g/mol. The molecule has 0 aromatic heterocycles. The topological polar surface area (TPSA) is 26.3 Å². The minimum Gasteiger partial charge on any atom is -0.462 e. The zero-order valence-corrected chi connectivity index (χ0v) is 12.5. The van der Waals surface area contributed by atoms with Crippen LogP contribution in [-0.4, -0.2) is 19.3 Å². The van der Waals surface area contributed by atoms with E-state index in [4.69, 9.17) is 4.74 Å². The van der Waals surface area contributed by atoms with Crippen LogP contribution in [0.4, 0.5) is 0 Å².